The van der Waals surface area contributed by atoms with Crippen molar-refractivity contribution in [2.45, 2.75) is 20.3 Å². The van der Waals surface area contributed by atoms with Gasteiger partial charge in [-0.3, -0.25) is 0 Å². The van der Waals surface area contributed by atoms with E-state index in [0.29, 0.717) is 0 Å². The zero-order valence-electron chi connectivity index (χ0n) is 13.2. The molecule has 2 heterocycles. The van der Waals surface area contributed by atoms with Crippen LogP contribution in [0.4, 0.5) is 0 Å². The van der Waals surface area contributed by atoms with Crippen LogP contribution in [0.15, 0.2) is 48.7 Å². The number of benzene rings is 2. The molecule has 3 nitrogen and oxygen atoms in total. The van der Waals surface area contributed by atoms with Crippen molar-refractivity contribution in [3.8, 4) is 17.0 Å². The van der Waals surface area contributed by atoms with Crippen LogP contribution < -0.4 is 0 Å². The molecule has 2 aromatic heterocycles. The monoisotopic (exact) mass is 302 g/mol. The number of phenols is 1. The minimum absolute atomic E-state index is 0.275. The van der Waals surface area contributed by atoms with Gasteiger partial charge in [-0.2, -0.15) is 0 Å². The summed E-state index contributed by atoms with van der Waals surface area (Å²) < 4.78 is 0. The highest BCUT2D eigenvalue weighted by Gasteiger charge is 2.14. The van der Waals surface area contributed by atoms with Crippen molar-refractivity contribution in [2.75, 3.05) is 0 Å². The number of aryl methyl sites for hydroxylation is 1. The lowest BCUT2D eigenvalue weighted by atomic mass is 9.94. The van der Waals surface area contributed by atoms with Gasteiger partial charge in [0.15, 0.2) is 0 Å². The van der Waals surface area contributed by atoms with Crippen LogP contribution in [0.3, 0.4) is 0 Å². The molecule has 0 aliphatic rings. The van der Waals surface area contributed by atoms with Crippen LogP contribution in [0.2, 0.25) is 0 Å². The van der Waals surface area contributed by atoms with Crippen molar-refractivity contribution in [1.29, 1.82) is 0 Å². The third-order valence-electron chi connectivity index (χ3n) is 4.55. The third-order valence-corrected chi connectivity index (χ3v) is 4.55. The van der Waals surface area contributed by atoms with Crippen LogP contribution in [0.25, 0.3) is 33.1 Å². The summed E-state index contributed by atoms with van der Waals surface area (Å²) in [7, 11) is 0. The zero-order valence-corrected chi connectivity index (χ0v) is 13.2. The van der Waals surface area contributed by atoms with Crippen molar-refractivity contribution >= 4 is 21.8 Å². The van der Waals surface area contributed by atoms with Crippen LogP contribution in [-0.4, -0.2) is 15.1 Å². The van der Waals surface area contributed by atoms with E-state index in [1.54, 1.807) is 12.1 Å². The Morgan fingerprint density at radius 1 is 1.04 bits per heavy atom. The van der Waals surface area contributed by atoms with E-state index in [2.05, 4.69) is 37.0 Å². The van der Waals surface area contributed by atoms with Gasteiger partial charge in [-0.15, -0.1) is 0 Å². The fourth-order valence-corrected chi connectivity index (χ4v) is 3.41. The predicted molar refractivity (Wildman–Crippen MR) is 94.8 cm³/mol. The average molecular weight is 302 g/mol. The first-order valence-corrected chi connectivity index (χ1v) is 7.87. The molecule has 0 saturated carbocycles. The molecule has 0 aliphatic carbocycles. The number of hydrogen-bond acceptors (Lipinski definition) is 2. The average Bonchev–Trinajstić information content (AvgIpc) is 3.04. The van der Waals surface area contributed by atoms with Crippen molar-refractivity contribution in [2.24, 2.45) is 0 Å². The Kier molecular flexibility index (Phi) is 3.08. The Balaban J connectivity index is 2.09. The molecule has 0 atom stereocenters. The first kappa shape index (κ1) is 13.8. The summed E-state index contributed by atoms with van der Waals surface area (Å²) in [5.41, 5.74) is 6.73. The number of nitrogens with one attached hydrogen (secondary N) is 1. The van der Waals surface area contributed by atoms with Crippen LogP contribution in [-0.2, 0) is 6.42 Å². The van der Waals surface area contributed by atoms with Gasteiger partial charge in [0.25, 0.3) is 0 Å². The summed E-state index contributed by atoms with van der Waals surface area (Å²) in [5.74, 6) is 0.275. The lowest BCUT2D eigenvalue weighted by molar-refractivity contribution is 0.475. The zero-order chi connectivity index (χ0) is 16.0. The van der Waals surface area contributed by atoms with Crippen LogP contribution in [0.5, 0.6) is 5.75 Å². The number of hydrogen-bond donors (Lipinski definition) is 2. The molecule has 4 rings (SSSR count). The molecule has 2 aromatic carbocycles. The molecule has 0 saturated heterocycles. The molecule has 2 N–H and O–H groups in total. The fraction of sp³-hybridized carbons (Fsp3) is 0.150. The highest BCUT2D eigenvalue weighted by atomic mass is 16.3. The van der Waals surface area contributed by atoms with Crippen LogP contribution in [0.1, 0.15) is 18.1 Å². The van der Waals surface area contributed by atoms with Crippen molar-refractivity contribution in [3.63, 3.8) is 0 Å². The molecule has 0 bridgehead atoms. The van der Waals surface area contributed by atoms with E-state index in [1.807, 2.05) is 18.3 Å². The van der Waals surface area contributed by atoms with Gasteiger partial charge in [-0.25, -0.2) is 4.98 Å². The summed E-state index contributed by atoms with van der Waals surface area (Å²) in [6, 6.07) is 13.5. The largest absolute Gasteiger partial charge is 0.508 e. The Labute approximate surface area is 134 Å². The maximum absolute atomic E-state index is 9.52. The number of rotatable bonds is 2. The molecule has 0 unspecified atom stereocenters. The van der Waals surface area contributed by atoms with Crippen LogP contribution >= 0.6 is 0 Å². The molecule has 0 radical (unpaired) electrons. The topological polar surface area (TPSA) is 48.9 Å². The molecule has 3 heteroatoms. The quantitative estimate of drug-likeness (QED) is 0.550. The molecule has 23 heavy (non-hydrogen) atoms. The van der Waals surface area contributed by atoms with Gasteiger partial charge in [0.2, 0.25) is 0 Å². The van der Waals surface area contributed by atoms with Crippen molar-refractivity contribution < 1.29 is 5.11 Å². The second kappa shape index (κ2) is 5.13. The van der Waals surface area contributed by atoms with Gasteiger partial charge >= 0.3 is 0 Å². The maximum Gasteiger partial charge on any atom is 0.115 e. The normalized spacial score (nSPS) is 11.4. The van der Waals surface area contributed by atoms with Gasteiger partial charge in [-0.1, -0.05) is 6.92 Å². The number of aromatic hydroxyl groups is 1. The molecule has 0 aliphatic heterocycles. The highest BCUT2D eigenvalue weighted by molar-refractivity contribution is 6.08. The van der Waals surface area contributed by atoms with Gasteiger partial charge in [0, 0.05) is 28.0 Å². The second-order valence-corrected chi connectivity index (χ2v) is 5.86. The number of H-pyrrole nitrogens is 1. The Morgan fingerprint density at radius 2 is 1.83 bits per heavy atom. The molecular weight excluding hydrogens is 284 g/mol. The molecule has 114 valence electrons. The minimum atomic E-state index is 0.275. The number of aromatic nitrogens is 2. The number of phenolic OH excluding ortho intramolecular Hbond substituents is 1. The second-order valence-electron chi connectivity index (χ2n) is 5.86. The Morgan fingerprint density at radius 3 is 2.57 bits per heavy atom. The first-order chi connectivity index (χ1) is 11.2. The Bertz CT molecular complexity index is 1010. The number of nitrogens with zero attached hydrogens (tertiary/aromatic N) is 1. The SMILES string of the molecule is CCc1c(C)c(-c2ccc(O)cc2)nc2ccc3[nH]ccc3c12. The van der Waals surface area contributed by atoms with Gasteiger partial charge in [0.1, 0.15) is 5.75 Å². The Hall–Kier alpha value is -2.81. The molecule has 0 fully saturated rings. The van der Waals surface area contributed by atoms with Crippen molar-refractivity contribution in [1.82, 2.24) is 9.97 Å². The summed E-state index contributed by atoms with van der Waals surface area (Å²) in [4.78, 5) is 8.20. The standard InChI is InChI=1S/C20H18N2O/c1-3-15-12(2)20(13-4-6-14(23)7-5-13)22-18-9-8-17-16(19(15)18)10-11-21-17/h4-11,21,23H,3H2,1-2H3. The van der Waals surface area contributed by atoms with Crippen LogP contribution in [0, 0.1) is 6.92 Å². The summed E-state index contributed by atoms with van der Waals surface area (Å²) >= 11 is 0. The molecule has 0 amide bonds. The van der Waals surface area contributed by atoms with E-state index in [-0.39, 0.29) is 5.75 Å². The van der Waals surface area contributed by atoms with Gasteiger partial charge < -0.3 is 10.1 Å². The maximum atomic E-state index is 9.52. The molecular formula is C20H18N2O. The van der Waals surface area contributed by atoms with E-state index in [0.717, 1.165) is 28.7 Å². The van der Waals surface area contributed by atoms with Crippen molar-refractivity contribution in [3.05, 3.63) is 59.8 Å². The number of pyridine rings is 1. The third kappa shape index (κ3) is 2.08. The number of aromatic amines is 1. The highest BCUT2D eigenvalue weighted by Crippen LogP contribution is 2.34. The van der Waals surface area contributed by atoms with Gasteiger partial charge in [0.05, 0.1) is 11.2 Å². The van der Waals surface area contributed by atoms with E-state index in [1.165, 1.54) is 21.9 Å². The van der Waals surface area contributed by atoms with E-state index >= 15 is 0 Å². The van der Waals surface area contributed by atoms with E-state index < -0.39 is 0 Å². The lowest BCUT2D eigenvalue weighted by Gasteiger charge is -2.14. The lowest BCUT2D eigenvalue weighted by Crippen LogP contribution is -1.97. The molecule has 4 aromatic rings. The van der Waals surface area contributed by atoms with E-state index in [9.17, 15) is 5.11 Å². The minimum Gasteiger partial charge on any atom is -0.508 e. The summed E-state index contributed by atoms with van der Waals surface area (Å²) in [5, 5.41) is 12.0. The fourth-order valence-electron chi connectivity index (χ4n) is 3.41. The smallest absolute Gasteiger partial charge is 0.115 e. The number of fused-ring (bicyclic) bond motifs is 3. The van der Waals surface area contributed by atoms with E-state index in [4.69, 9.17) is 4.98 Å². The summed E-state index contributed by atoms with van der Waals surface area (Å²) in [6.45, 7) is 4.33. The predicted octanol–water partition coefficient (Wildman–Crippen LogP) is 4.96. The summed E-state index contributed by atoms with van der Waals surface area (Å²) in [6.07, 6.45) is 2.94. The molecule has 0 spiro atoms. The van der Waals surface area contributed by atoms with Gasteiger partial charge in [-0.05, 0) is 66.9 Å². The first-order valence-electron chi connectivity index (χ1n) is 7.87.